The average molecular weight is 770 g/mol. The molecule has 1 rings (SSSR count). The molecule has 7 atom stereocenters. The number of allylic oxidation sites excluding steroid dienone is 1. The van der Waals surface area contributed by atoms with Gasteiger partial charge >= 0.3 is 0 Å². The zero-order valence-corrected chi connectivity index (χ0v) is 35.0. The second-order valence-corrected chi connectivity index (χ2v) is 16.2. The van der Waals surface area contributed by atoms with Gasteiger partial charge in [0.15, 0.2) is 6.29 Å². The van der Waals surface area contributed by atoms with Gasteiger partial charge in [-0.2, -0.15) is 0 Å². The molecule has 320 valence electrons. The van der Waals surface area contributed by atoms with Crippen LogP contribution in [0.4, 0.5) is 0 Å². The fourth-order valence-electron chi connectivity index (χ4n) is 7.39. The Morgan fingerprint density at radius 1 is 0.611 bits per heavy atom. The van der Waals surface area contributed by atoms with E-state index in [0.717, 1.165) is 38.5 Å². The molecule has 0 spiro atoms. The molecule has 9 nitrogen and oxygen atoms in total. The minimum atomic E-state index is -1.56. The molecular weight excluding hydrogens is 682 g/mol. The Kier molecular flexibility index (Phi) is 34.2. The smallest absolute Gasteiger partial charge is 0.220 e. The summed E-state index contributed by atoms with van der Waals surface area (Å²) in [7, 11) is 0. The van der Waals surface area contributed by atoms with E-state index in [9.17, 15) is 30.3 Å². The normalized spacial score (nSPS) is 21.5. The number of hydrogen-bond acceptors (Lipinski definition) is 8. The number of ether oxygens (including phenoxy) is 2. The summed E-state index contributed by atoms with van der Waals surface area (Å²) in [6, 6.07) is -0.797. The van der Waals surface area contributed by atoms with Gasteiger partial charge in [0.2, 0.25) is 5.91 Å². The van der Waals surface area contributed by atoms with Crippen LogP contribution in [0.3, 0.4) is 0 Å². The number of hydrogen-bond donors (Lipinski definition) is 6. The maximum absolute atomic E-state index is 12.9. The Hall–Kier alpha value is -1.07. The first kappa shape index (κ1) is 50.9. The molecule has 1 saturated heterocycles. The van der Waals surface area contributed by atoms with Gasteiger partial charge in [0.25, 0.3) is 0 Å². The zero-order valence-electron chi connectivity index (χ0n) is 35.0. The molecule has 7 unspecified atom stereocenters. The third kappa shape index (κ3) is 26.7. The number of rotatable bonds is 38. The van der Waals surface area contributed by atoms with Crippen molar-refractivity contribution in [3.05, 3.63) is 12.2 Å². The standard InChI is InChI=1S/C45H87NO8/c1-3-5-7-9-11-13-15-17-18-19-20-21-23-25-27-29-31-33-35-41(49)46-38(37-53-45-44(52)43(51)42(50)40(36-47)54-45)39(48)34-32-30-28-26-24-22-16-14-12-10-8-6-4-2/h32,34,38-40,42-45,47-48,50-52H,3-31,33,35-37H2,1-2H3,(H,46,49). The van der Waals surface area contributed by atoms with Crippen LogP contribution in [0.2, 0.25) is 0 Å². The SMILES string of the molecule is CCCCCCCCCCCCCC=CC(O)C(COC1OC(CO)C(O)C(O)C1O)NC(=O)CCCCCCCCCCCCCCCCCCCC. The number of carbonyl (C=O) groups is 1. The van der Waals surface area contributed by atoms with Gasteiger partial charge < -0.3 is 40.3 Å². The van der Waals surface area contributed by atoms with E-state index in [4.69, 9.17) is 9.47 Å². The molecule has 0 aliphatic carbocycles. The van der Waals surface area contributed by atoms with Crippen molar-refractivity contribution in [3.8, 4) is 0 Å². The lowest BCUT2D eigenvalue weighted by molar-refractivity contribution is -0.302. The van der Waals surface area contributed by atoms with E-state index >= 15 is 0 Å². The Morgan fingerprint density at radius 3 is 1.44 bits per heavy atom. The topological polar surface area (TPSA) is 149 Å². The van der Waals surface area contributed by atoms with Gasteiger partial charge in [-0.25, -0.2) is 0 Å². The number of aliphatic hydroxyl groups is 5. The summed E-state index contributed by atoms with van der Waals surface area (Å²) in [5, 5.41) is 54.1. The lowest BCUT2D eigenvalue weighted by Gasteiger charge is -2.40. The van der Waals surface area contributed by atoms with E-state index in [0.29, 0.717) is 6.42 Å². The molecule has 0 aromatic heterocycles. The fourth-order valence-corrected chi connectivity index (χ4v) is 7.39. The van der Waals surface area contributed by atoms with Crippen LogP contribution >= 0.6 is 0 Å². The molecule has 9 heteroatoms. The second kappa shape index (κ2) is 36.3. The van der Waals surface area contributed by atoms with Crippen LogP contribution in [0.15, 0.2) is 12.2 Å². The first-order chi connectivity index (χ1) is 26.3. The molecule has 1 aliphatic heterocycles. The van der Waals surface area contributed by atoms with Gasteiger partial charge in [-0.1, -0.05) is 199 Å². The van der Waals surface area contributed by atoms with Crippen molar-refractivity contribution in [1.82, 2.24) is 5.32 Å². The van der Waals surface area contributed by atoms with Crippen LogP contribution in [-0.4, -0.2) is 87.5 Å². The number of amides is 1. The predicted octanol–water partition coefficient (Wildman–Crippen LogP) is 9.34. The number of unbranched alkanes of at least 4 members (excludes halogenated alkanes) is 28. The highest BCUT2D eigenvalue weighted by Gasteiger charge is 2.44. The monoisotopic (exact) mass is 770 g/mol. The number of carbonyl (C=O) groups excluding carboxylic acids is 1. The summed E-state index contributed by atoms with van der Waals surface area (Å²) in [6.45, 7) is 3.78. The zero-order chi connectivity index (χ0) is 39.5. The highest BCUT2D eigenvalue weighted by Crippen LogP contribution is 2.23. The fraction of sp³-hybridized carbons (Fsp3) is 0.933. The van der Waals surface area contributed by atoms with Gasteiger partial charge in [-0.3, -0.25) is 4.79 Å². The minimum absolute atomic E-state index is 0.174. The van der Waals surface area contributed by atoms with Gasteiger partial charge in [0, 0.05) is 6.42 Å². The summed E-state index contributed by atoms with van der Waals surface area (Å²) in [5.74, 6) is -0.174. The van der Waals surface area contributed by atoms with Crippen molar-refractivity contribution in [1.29, 1.82) is 0 Å². The highest BCUT2D eigenvalue weighted by molar-refractivity contribution is 5.76. The molecule has 0 radical (unpaired) electrons. The molecule has 1 amide bonds. The molecule has 1 fully saturated rings. The summed E-state index contributed by atoms with van der Waals surface area (Å²) in [5.41, 5.74) is 0. The summed E-state index contributed by atoms with van der Waals surface area (Å²) in [4.78, 5) is 12.9. The van der Waals surface area contributed by atoms with Crippen LogP contribution in [0, 0.1) is 0 Å². The molecule has 0 aromatic carbocycles. The Labute approximate surface area is 331 Å². The molecule has 0 bridgehead atoms. The van der Waals surface area contributed by atoms with E-state index in [-0.39, 0.29) is 12.5 Å². The minimum Gasteiger partial charge on any atom is -0.394 e. The molecule has 1 heterocycles. The van der Waals surface area contributed by atoms with E-state index in [1.807, 2.05) is 6.08 Å². The van der Waals surface area contributed by atoms with Crippen molar-refractivity contribution in [2.75, 3.05) is 13.2 Å². The van der Waals surface area contributed by atoms with E-state index < -0.39 is 49.5 Å². The Bertz CT molecular complexity index is 858. The van der Waals surface area contributed by atoms with Gasteiger partial charge in [-0.15, -0.1) is 0 Å². The second-order valence-electron chi connectivity index (χ2n) is 16.2. The van der Waals surface area contributed by atoms with Crippen LogP contribution in [0.1, 0.15) is 213 Å². The maximum Gasteiger partial charge on any atom is 0.220 e. The van der Waals surface area contributed by atoms with Gasteiger partial charge in [-0.05, 0) is 19.3 Å². The molecule has 6 N–H and O–H groups in total. The van der Waals surface area contributed by atoms with Crippen molar-refractivity contribution in [3.63, 3.8) is 0 Å². The molecule has 1 aliphatic rings. The lowest BCUT2D eigenvalue weighted by atomic mass is 9.99. The van der Waals surface area contributed by atoms with E-state index in [2.05, 4.69) is 19.2 Å². The average Bonchev–Trinajstić information content (AvgIpc) is 3.17. The highest BCUT2D eigenvalue weighted by atomic mass is 16.7. The third-order valence-electron chi connectivity index (χ3n) is 11.1. The predicted molar refractivity (Wildman–Crippen MR) is 221 cm³/mol. The van der Waals surface area contributed by atoms with Crippen LogP contribution in [-0.2, 0) is 14.3 Å². The maximum atomic E-state index is 12.9. The molecule has 54 heavy (non-hydrogen) atoms. The summed E-state index contributed by atoms with van der Waals surface area (Å²) < 4.78 is 11.2. The van der Waals surface area contributed by atoms with Crippen molar-refractivity contribution in [2.24, 2.45) is 0 Å². The molecule has 0 aromatic rings. The number of aliphatic hydroxyl groups excluding tert-OH is 5. The van der Waals surface area contributed by atoms with Crippen LogP contribution < -0.4 is 5.32 Å². The largest absolute Gasteiger partial charge is 0.394 e. The van der Waals surface area contributed by atoms with Crippen molar-refractivity contribution >= 4 is 5.91 Å². The number of nitrogens with one attached hydrogen (secondary N) is 1. The van der Waals surface area contributed by atoms with Crippen molar-refractivity contribution < 1.29 is 39.8 Å². The van der Waals surface area contributed by atoms with Crippen LogP contribution in [0.25, 0.3) is 0 Å². The Morgan fingerprint density at radius 2 is 1.02 bits per heavy atom. The quantitative estimate of drug-likeness (QED) is 0.0269. The summed E-state index contributed by atoms with van der Waals surface area (Å²) in [6.07, 6.45) is 33.9. The first-order valence-electron chi connectivity index (χ1n) is 22.9. The third-order valence-corrected chi connectivity index (χ3v) is 11.1. The molecular formula is C45H87NO8. The van der Waals surface area contributed by atoms with Crippen LogP contribution in [0.5, 0.6) is 0 Å². The molecule has 0 saturated carbocycles. The lowest BCUT2D eigenvalue weighted by Crippen LogP contribution is -2.60. The summed E-state index contributed by atoms with van der Waals surface area (Å²) >= 11 is 0. The van der Waals surface area contributed by atoms with Crippen molar-refractivity contribution in [2.45, 2.75) is 256 Å². The Balaban J connectivity index is 2.33. The van der Waals surface area contributed by atoms with Gasteiger partial charge in [0.1, 0.15) is 24.4 Å². The van der Waals surface area contributed by atoms with Gasteiger partial charge in [0.05, 0.1) is 25.4 Å². The first-order valence-corrected chi connectivity index (χ1v) is 22.9. The van der Waals surface area contributed by atoms with E-state index in [1.165, 1.54) is 154 Å². The van der Waals surface area contributed by atoms with E-state index in [1.54, 1.807) is 6.08 Å².